The van der Waals surface area contributed by atoms with Crippen LogP contribution < -0.4 is 17.0 Å². The van der Waals surface area contributed by atoms with Gasteiger partial charge >= 0.3 is 5.69 Å². The van der Waals surface area contributed by atoms with Crippen LogP contribution >= 0.6 is 0 Å². The molecule has 188 valence electrons. The first-order chi connectivity index (χ1) is 17.0. The van der Waals surface area contributed by atoms with Crippen LogP contribution in [0.25, 0.3) is 28.4 Å². The number of fused-ring (bicyclic) bond motifs is 2. The largest absolute Gasteiger partial charge is 0.394 e. The van der Waals surface area contributed by atoms with E-state index < -0.39 is 48.6 Å². The number of aryl methyl sites for hydroxylation is 2. The molecule has 3 atom stereocenters. The van der Waals surface area contributed by atoms with E-state index in [0.717, 1.165) is 11.1 Å². The average Bonchev–Trinajstić information content (AvgIpc) is 2.85. The second kappa shape index (κ2) is 9.54. The van der Waals surface area contributed by atoms with Gasteiger partial charge in [-0.25, -0.2) is 19.3 Å². The fraction of sp³-hybridized carbons (Fsp3) is 0.304. The van der Waals surface area contributed by atoms with Crippen molar-refractivity contribution in [2.75, 3.05) is 6.61 Å². The van der Waals surface area contributed by atoms with Crippen molar-refractivity contribution >= 4 is 16.9 Å². The second-order valence-electron chi connectivity index (χ2n) is 8.40. The van der Waals surface area contributed by atoms with Crippen molar-refractivity contribution in [3.63, 3.8) is 0 Å². The molecule has 0 saturated heterocycles. The summed E-state index contributed by atoms with van der Waals surface area (Å²) < 4.78 is 1.93. The number of aliphatic hydroxyl groups excluding tert-OH is 4. The number of pyridine rings is 1. The zero-order valence-corrected chi connectivity index (χ0v) is 19.4. The minimum atomic E-state index is -1.73. The number of rotatable bonds is 7. The van der Waals surface area contributed by atoms with E-state index in [-0.39, 0.29) is 22.9 Å². The average molecular weight is 496 g/mol. The molecule has 0 saturated carbocycles. The van der Waals surface area contributed by atoms with Gasteiger partial charge in [-0.1, -0.05) is 0 Å². The van der Waals surface area contributed by atoms with Gasteiger partial charge in [0.2, 0.25) is 0 Å². The Morgan fingerprint density at radius 2 is 1.78 bits per heavy atom. The molecule has 2 aromatic rings. The zero-order chi connectivity index (χ0) is 26.3. The van der Waals surface area contributed by atoms with E-state index in [1.54, 1.807) is 12.1 Å². The number of primary amides is 1. The highest BCUT2D eigenvalue weighted by Crippen LogP contribution is 2.25. The summed E-state index contributed by atoms with van der Waals surface area (Å²) in [6.07, 6.45) is -3.68. The van der Waals surface area contributed by atoms with E-state index in [1.165, 1.54) is 22.9 Å². The molecule has 2 aliphatic heterocycles. The first-order valence-corrected chi connectivity index (χ1v) is 10.9. The third kappa shape index (κ3) is 4.24. The maximum atomic E-state index is 13.5. The minimum Gasteiger partial charge on any atom is -0.394 e. The monoisotopic (exact) mass is 496 g/mol. The summed E-state index contributed by atoms with van der Waals surface area (Å²) in [5.41, 5.74) is 5.38. The molecular formula is C23H24N6O7. The van der Waals surface area contributed by atoms with Crippen molar-refractivity contribution in [3.8, 4) is 17.3 Å². The van der Waals surface area contributed by atoms with Gasteiger partial charge in [0, 0.05) is 6.20 Å². The summed E-state index contributed by atoms with van der Waals surface area (Å²) >= 11 is 0. The molecule has 0 radical (unpaired) electrons. The normalized spacial score (nSPS) is 14.2. The maximum Gasteiger partial charge on any atom is 0.358 e. The number of nitrogens with zero attached hydrogens (tertiary/aromatic N) is 5. The molecule has 0 fully saturated rings. The van der Waals surface area contributed by atoms with Gasteiger partial charge in [0.1, 0.15) is 18.3 Å². The maximum absolute atomic E-state index is 13.5. The zero-order valence-electron chi connectivity index (χ0n) is 19.4. The van der Waals surface area contributed by atoms with Gasteiger partial charge in [-0.05, 0) is 49.2 Å². The minimum absolute atomic E-state index is 0.172. The van der Waals surface area contributed by atoms with Gasteiger partial charge in [-0.2, -0.15) is 4.98 Å². The fourth-order valence-electron chi connectivity index (χ4n) is 3.89. The third-order valence-electron chi connectivity index (χ3n) is 5.99. The lowest BCUT2D eigenvalue weighted by Crippen LogP contribution is -2.43. The third-order valence-corrected chi connectivity index (χ3v) is 5.99. The number of aliphatic hydroxyl groups is 4. The van der Waals surface area contributed by atoms with Crippen molar-refractivity contribution in [2.45, 2.75) is 38.7 Å². The predicted molar refractivity (Wildman–Crippen MR) is 127 cm³/mol. The van der Waals surface area contributed by atoms with E-state index in [0.29, 0.717) is 15.6 Å². The Morgan fingerprint density at radius 3 is 2.44 bits per heavy atom. The van der Waals surface area contributed by atoms with E-state index in [2.05, 4.69) is 15.0 Å². The van der Waals surface area contributed by atoms with Gasteiger partial charge in [-0.3, -0.25) is 9.59 Å². The van der Waals surface area contributed by atoms with Gasteiger partial charge < -0.3 is 30.7 Å². The quantitative estimate of drug-likeness (QED) is 0.182. The first-order valence-electron chi connectivity index (χ1n) is 10.9. The Kier molecular flexibility index (Phi) is 6.65. The van der Waals surface area contributed by atoms with Gasteiger partial charge in [0.15, 0.2) is 17.3 Å². The van der Waals surface area contributed by atoms with Crippen LogP contribution in [0, 0.1) is 13.8 Å². The lowest BCUT2D eigenvalue weighted by Gasteiger charge is -2.25. The van der Waals surface area contributed by atoms with Crippen molar-refractivity contribution in [2.24, 2.45) is 5.73 Å². The summed E-state index contributed by atoms with van der Waals surface area (Å²) in [5.74, 6) is -1.40. The summed E-state index contributed by atoms with van der Waals surface area (Å²) in [4.78, 5) is 50.8. The van der Waals surface area contributed by atoms with Gasteiger partial charge in [0.05, 0.1) is 29.7 Å². The lowest BCUT2D eigenvalue weighted by atomic mass is 10.1. The number of benzene rings is 1. The van der Waals surface area contributed by atoms with Crippen LogP contribution in [0.15, 0.2) is 40.1 Å². The number of hydrogen-bond donors (Lipinski definition) is 5. The molecule has 4 rings (SSSR count). The molecule has 0 aliphatic carbocycles. The Morgan fingerprint density at radius 1 is 1.08 bits per heavy atom. The molecule has 6 N–H and O–H groups in total. The van der Waals surface area contributed by atoms with Crippen LogP contribution in [-0.2, 0) is 6.54 Å². The molecule has 0 spiro atoms. The highest BCUT2D eigenvalue weighted by molar-refractivity contribution is 5.95. The number of carbonyl (C=O) groups is 1. The summed E-state index contributed by atoms with van der Waals surface area (Å²) in [6, 6.07) is 6.16. The molecule has 36 heavy (non-hydrogen) atoms. The van der Waals surface area contributed by atoms with Crippen LogP contribution in [0.2, 0.25) is 0 Å². The Balaban J connectivity index is 2.05. The number of hydrogen-bond acceptors (Lipinski definition) is 10. The predicted octanol–water partition coefficient (Wildman–Crippen LogP) is -1.77. The Bertz CT molecular complexity index is 1560. The molecule has 1 aromatic heterocycles. The van der Waals surface area contributed by atoms with Crippen molar-refractivity contribution in [1.29, 1.82) is 0 Å². The topological polar surface area (TPSA) is 207 Å². The highest BCUT2D eigenvalue weighted by Gasteiger charge is 2.29. The molecule has 2 aliphatic rings. The summed E-state index contributed by atoms with van der Waals surface area (Å²) in [7, 11) is 0. The Hall–Kier alpha value is -4.04. The van der Waals surface area contributed by atoms with Gasteiger partial charge in [0.25, 0.3) is 11.5 Å². The molecule has 1 amide bonds. The standard InChI is InChI=1S/C23H24N6O7/c1-10-6-13-14(7-11(10)2)28(8-15(31)18(33)16(32)9-30)21-17(26-13)22(35)29(23(36)27-21)20-12(19(24)34)4-3-5-25-20/h3-7,15-16,18,30-33H,8-9H2,1-2H3,(H2,24,34). The number of amides is 1. The first kappa shape index (κ1) is 25.1. The lowest BCUT2D eigenvalue weighted by molar-refractivity contribution is -0.0802. The van der Waals surface area contributed by atoms with Crippen LogP contribution in [0.3, 0.4) is 0 Å². The van der Waals surface area contributed by atoms with Crippen molar-refractivity contribution in [1.82, 2.24) is 24.1 Å². The smallest absolute Gasteiger partial charge is 0.358 e. The highest BCUT2D eigenvalue weighted by atomic mass is 16.4. The summed E-state index contributed by atoms with van der Waals surface area (Å²) in [6.45, 7) is 2.48. The van der Waals surface area contributed by atoms with E-state index in [4.69, 9.17) is 10.8 Å². The van der Waals surface area contributed by atoms with Crippen LogP contribution in [0.4, 0.5) is 0 Å². The van der Waals surface area contributed by atoms with Crippen LogP contribution in [0.5, 0.6) is 0 Å². The SMILES string of the molecule is Cc1cc2nc3c(=O)n(-c4ncccc4C(N)=O)c(=O)nc-3n(CC(O)C(O)C(O)CO)c2cc1C. The molecule has 3 unspecified atom stereocenters. The second-order valence-corrected chi connectivity index (χ2v) is 8.40. The van der Waals surface area contributed by atoms with E-state index in [9.17, 15) is 29.7 Å². The van der Waals surface area contributed by atoms with E-state index in [1.807, 2.05) is 13.8 Å². The van der Waals surface area contributed by atoms with Gasteiger partial charge in [-0.15, -0.1) is 0 Å². The fourth-order valence-corrected chi connectivity index (χ4v) is 3.89. The molecule has 13 nitrogen and oxygen atoms in total. The number of aromatic nitrogens is 5. The van der Waals surface area contributed by atoms with Crippen LogP contribution in [-0.4, -0.2) is 75.3 Å². The summed E-state index contributed by atoms with van der Waals surface area (Å²) in [5, 5.41) is 39.6. The molecule has 3 heterocycles. The van der Waals surface area contributed by atoms with Crippen molar-refractivity contribution in [3.05, 3.63) is 68.0 Å². The number of carbonyl (C=O) groups excluding carboxylic acids is 1. The molecule has 1 aromatic carbocycles. The molecular weight excluding hydrogens is 472 g/mol. The van der Waals surface area contributed by atoms with Crippen molar-refractivity contribution < 1.29 is 25.2 Å². The molecule has 13 heteroatoms. The van der Waals surface area contributed by atoms with Crippen LogP contribution in [0.1, 0.15) is 21.5 Å². The Labute approximate surface area is 203 Å². The molecule has 0 bridgehead atoms. The number of nitrogens with two attached hydrogens (primary N) is 1. The van der Waals surface area contributed by atoms with E-state index >= 15 is 0 Å².